The number of hydrogen-bond acceptors (Lipinski definition) is 3. The minimum Gasteiger partial charge on any atom is -0.384 e. The third-order valence-electron chi connectivity index (χ3n) is 3.69. The minimum atomic E-state index is -0.115. The maximum atomic E-state index is 11.2. The number of piperidine rings is 1. The molecule has 3 N–H and O–H groups in total. The zero-order valence-electron chi connectivity index (χ0n) is 10.1. The number of nitrogens with two attached hydrogens (primary N) is 1. The number of nitrogens with zero attached hydrogens (tertiary/aromatic N) is 2. The summed E-state index contributed by atoms with van der Waals surface area (Å²) in [5, 5.41) is 2.80. The van der Waals surface area contributed by atoms with Gasteiger partial charge in [-0.25, -0.2) is 0 Å². The normalized spacial score (nSPS) is 31.8. The molecule has 0 radical (unpaired) electrons. The molecule has 2 heterocycles. The van der Waals surface area contributed by atoms with Crippen LogP contribution in [0.4, 0.5) is 5.82 Å². The monoisotopic (exact) mass is 224 g/mol. The number of likely N-dealkylation sites (tertiary alicyclic amines) is 1. The highest BCUT2D eigenvalue weighted by Gasteiger charge is 2.31. The molecule has 0 spiro atoms. The van der Waals surface area contributed by atoms with Crippen molar-refractivity contribution < 1.29 is 0 Å². The van der Waals surface area contributed by atoms with E-state index in [1.165, 1.54) is 6.07 Å². The van der Waals surface area contributed by atoms with Crippen LogP contribution >= 0.6 is 0 Å². The fourth-order valence-corrected chi connectivity index (χ4v) is 2.57. The van der Waals surface area contributed by atoms with Crippen molar-refractivity contribution in [3.8, 4) is 0 Å². The molecule has 1 aromatic heterocycles. The molecule has 0 unspecified atom stereocenters. The summed E-state index contributed by atoms with van der Waals surface area (Å²) in [5.41, 5.74) is 5.72. The summed E-state index contributed by atoms with van der Waals surface area (Å²) in [6.07, 6.45) is 1.02. The van der Waals surface area contributed by atoms with Crippen molar-refractivity contribution in [2.75, 3.05) is 19.3 Å². The van der Waals surface area contributed by atoms with Gasteiger partial charge in [0.1, 0.15) is 5.82 Å². The van der Waals surface area contributed by atoms with Gasteiger partial charge in [-0.1, -0.05) is 6.92 Å². The Morgan fingerprint density at radius 3 is 2.75 bits per heavy atom. The third kappa shape index (κ3) is 1.87. The van der Waals surface area contributed by atoms with Crippen molar-refractivity contribution >= 4 is 5.82 Å². The van der Waals surface area contributed by atoms with Gasteiger partial charge in [0.05, 0.1) is 6.04 Å². The molecule has 0 amide bonds. The van der Waals surface area contributed by atoms with Crippen LogP contribution in [0.5, 0.6) is 0 Å². The lowest BCUT2D eigenvalue weighted by molar-refractivity contribution is 0.102. The van der Waals surface area contributed by atoms with Crippen LogP contribution in [0.1, 0.15) is 26.3 Å². The maximum Gasteiger partial charge on any atom is 0.266 e. The van der Waals surface area contributed by atoms with E-state index in [2.05, 4.69) is 30.9 Å². The molecule has 5 heteroatoms. The number of nitrogen functional groups attached to an aromatic ring is 1. The molecule has 1 aromatic rings. The molecule has 1 aliphatic rings. The first-order valence-corrected chi connectivity index (χ1v) is 5.76. The molecule has 2 rings (SSSR count). The van der Waals surface area contributed by atoms with Crippen LogP contribution in [0.3, 0.4) is 0 Å². The molecule has 0 bridgehead atoms. The van der Waals surface area contributed by atoms with Crippen molar-refractivity contribution in [1.29, 1.82) is 0 Å². The topological polar surface area (TPSA) is 67.0 Å². The van der Waals surface area contributed by atoms with Crippen molar-refractivity contribution in [2.45, 2.75) is 32.4 Å². The first kappa shape index (κ1) is 11.3. The molecular weight excluding hydrogens is 204 g/mol. The summed E-state index contributed by atoms with van der Waals surface area (Å²) < 4.78 is 1.83. The highest BCUT2D eigenvalue weighted by Crippen LogP contribution is 2.31. The quantitative estimate of drug-likeness (QED) is 0.736. The van der Waals surface area contributed by atoms with Gasteiger partial charge >= 0.3 is 0 Å². The van der Waals surface area contributed by atoms with Gasteiger partial charge in [-0.3, -0.25) is 14.6 Å². The summed E-state index contributed by atoms with van der Waals surface area (Å²) in [4.78, 5) is 13.6. The number of anilines is 1. The summed E-state index contributed by atoms with van der Waals surface area (Å²) >= 11 is 0. The van der Waals surface area contributed by atoms with Gasteiger partial charge in [0, 0.05) is 18.7 Å². The fraction of sp³-hybridized carbons (Fsp3) is 0.727. The average molecular weight is 224 g/mol. The van der Waals surface area contributed by atoms with E-state index < -0.39 is 0 Å². The van der Waals surface area contributed by atoms with Crippen LogP contribution in [0.15, 0.2) is 10.9 Å². The third-order valence-corrected chi connectivity index (χ3v) is 3.69. The molecule has 90 valence electrons. The Labute approximate surface area is 95.2 Å². The van der Waals surface area contributed by atoms with Crippen LogP contribution in [0, 0.1) is 5.92 Å². The van der Waals surface area contributed by atoms with Crippen molar-refractivity contribution in [2.24, 2.45) is 5.92 Å². The van der Waals surface area contributed by atoms with Crippen LogP contribution in [0.2, 0.25) is 0 Å². The van der Waals surface area contributed by atoms with Gasteiger partial charge in [-0.05, 0) is 26.3 Å². The van der Waals surface area contributed by atoms with E-state index >= 15 is 0 Å². The molecule has 16 heavy (non-hydrogen) atoms. The van der Waals surface area contributed by atoms with Crippen molar-refractivity contribution in [3.05, 3.63) is 16.4 Å². The van der Waals surface area contributed by atoms with Gasteiger partial charge in [0.15, 0.2) is 0 Å². The number of H-pyrrole nitrogens is 1. The lowest BCUT2D eigenvalue weighted by Crippen LogP contribution is -2.44. The molecule has 0 saturated carbocycles. The molecule has 1 fully saturated rings. The zero-order valence-corrected chi connectivity index (χ0v) is 10.1. The van der Waals surface area contributed by atoms with E-state index in [-0.39, 0.29) is 5.56 Å². The van der Waals surface area contributed by atoms with Crippen LogP contribution in [0.25, 0.3) is 0 Å². The standard InChI is InChI=1S/C11H20N4O/c1-7-6-14(3)8(2)4-9(7)15-10(12)5-11(16)13-15/h5,7-9H,4,6,12H2,1-3H3,(H,13,16)/t7-,8+,9+/m1/s1. The Morgan fingerprint density at radius 2 is 2.19 bits per heavy atom. The van der Waals surface area contributed by atoms with Gasteiger partial charge in [-0.15, -0.1) is 0 Å². The predicted octanol–water partition coefficient (Wildman–Crippen LogP) is 0.660. The first-order chi connectivity index (χ1) is 7.49. The summed E-state index contributed by atoms with van der Waals surface area (Å²) in [5.74, 6) is 1.03. The van der Waals surface area contributed by atoms with E-state index in [1.54, 1.807) is 0 Å². The van der Waals surface area contributed by atoms with Crippen LogP contribution in [-0.4, -0.2) is 34.3 Å². The summed E-state index contributed by atoms with van der Waals surface area (Å²) in [7, 11) is 2.14. The van der Waals surface area contributed by atoms with Crippen LogP contribution < -0.4 is 11.3 Å². The molecule has 1 aliphatic heterocycles. The Kier molecular flexibility index (Phi) is 2.80. The predicted molar refractivity (Wildman–Crippen MR) is 64.4 cm³/mol. The molecule has 5 nitrogen and oxygen atoms in total. The lowest BCUT2D eigenvalue weighted by Gasteiger charge is -2.40. The van der Waals surface area contributed by atoms with Crippen molar-refractivity contribution in [3.63, 3.8) is 0 Å². The highest BCUT2D eigenvalue weighted by atomic mass is 16.1. The number of nitrogens with one attached hydrogen (secondary N) is 1. The van der Waals surface area contributed by atoms with Crippen molar-refractivity contribution in [1.82, 2.24) is 14.7 Å². The van der Waals surface area contributed by atoms with Gasteiger partial charge in [0.2, 0.25) is 0 Å². The van der Waals surface area contributed by atoms with E-state index in [0.717, 1.165) is 13.0 Å². The largest absolute Gasteiger partial charge is 0.384 e. The SMILES string of the molecule is C[C@@H]1CN(C)[C@@H](C)C[C@@H]1n1[nH]c(=O)cc1N. The number of hydrogen-bond donors (Lipinski definition) is 2. The van der Waals surface area contributed by atoms with Crippen LogP contribution in [-0.2, 0) is 0 Å². The Morgan fingerprint density at radius 1 is 1.50 bits per heavy atom. The smallest absolute Gasteiger partial charge is 0.266 e. The maximum absolute atomic E-state index is 11.2. The zero-order chi connectivity index (χ0) is 11.9. The first-order valence-electron chi connectivity index (χ1n) is 5.76. The molecular formula is C11H20N4O. The van der Waals surface area contributed by atoms with Gasteiger partial charge in [0.25, 0.3) is 5.56 Å². The number of aromatic amines is 1. The number of aromatic nitrogens is 2. The Bertz CT molecular complexity index is 422. The molecule has 1 saturated heterocycles. The second-order valence-electron chi connectivity index (χ2n) is 4.98. The molecule has 3 atom stereocenters. The highest BCUT2D eigenvalue weighted by molar-refractivity contribution is 5.27. The van der Waals surface area contributed by atoms with E-state index in [1.807, 2.05) is 4.68 Å². The Hall–Kier alpha value is -1.23. The summed E-state index contributed by atoms with van der Waals surface area (Å²) in [6.45, 7) is 5.44. The average Bonchev–Trinajstić information content (AvgIpc) is 2.51. The second kappa shape index (κ2) is 3.97. The van der Waals surface area contributed by atoms with Gasteiger partial charge in [-0.2, -0.15) is 0 Å². The summed E-state index contributed by atoms with van der Waals surface area (Å²) in [6, 6.07) is 2.27. The second-order valence-corrected chi connectivity index (χ2v) is 4.98. The van der Waals surface area contributed by atoms with E-state index in [9.17, 15) is 4.79 Å². The molecule has 0 aliphatic carbocycles. The Balaban J connectivity index is 2.27. The van der Waals surface area contributed by atoms with E-state index in [0.29, 0.717) is 23.8 Å². The van der Waals surface area contributed by atoms with Gasteiger partial charge < -0.3 is 10.6 Å². The fourth-order valence-electron chi connectivity index (χ4n) is 2.57. The molecule has 0 aromatic carbocycles. The minimum absolute atomic E-state index is 0.115. The lowest BCUT2D eigenvalue weighted by atomic mass is 9.90. The van der Waals surface area contributed by atoms with E-state index in [4.69, 9.17) is 5.73 Å². The number of rotatable bonds is 1.